The van der Waals surface area contributed by atoms with Gasteiger partial charge in [-0.2, -0.15) is 0 Å². The summed E-state index contributed by atoms with van der Waals surface area (Å²) in [4.78, 5) is 26.9. The fourth-order valence-corrected chi connectivity index (χ4v) is 3.44. The van der Waals surface area contributed by atoms with Gasteiger partial charge in [0.25, 0.3) is 0 Å². The second kappa shape index (κ2) is 7.62. The molecule has 0 spiro atoms. The molecule has 1 saturated heterocycles. The molecule has 2 rings (SSSR count). The van der Waals surface area contributed by atoms with Crippen LogP contribution in [0, 0.1) is 19.8 Å². The first-order valence-corrected chi connectivity index (χ1v) is 8.46. The number of carbonyl (C=O) groups excluding carboxylic acids is 2. The van der Waals surface area contributed by atoms with Gasteiger partial charge >= 0.3 is 5.97 Å². The number of hydrogen-bond donors (Lipinski definition) is 0. The van der Waals surface area contributed by atoms with Gasteiger partial charge in [0.1, 0.15) is 6.04 Å². The molecule has 4 nitrogen and oxygen atoms in total. The van der Waals surface area contributed by atoms with Crippen LogP contribution >= 0.6 is 0 Å². The topological polar surface area (TPSA) is 46.6 Å². The van der Waals surface area contributed by atoms with Crippen LogP contribution in [0.1, 0.15) is 43.4 Å². The van der Waals surface area contributed by atoms with Crippen LogP contribution in [0.25, 0.3) is 0 Å². The van der Waals surface area contributed by atoms with E-state index < -0.39 is 6.04 Å². The third kappa shape index (κ3) is 3.92. The van der Waals surface area contributed by atoms with E-state index in [0.717, 1.165) is 29.5 Å². The number of aryl methyl sites for hydroxylation is 2. The van der Waals surface area contributed by atoms with E-state index in [-0.39, 0.29) is 17.8 Å². The first kappa shape index (κ1) is 17.5. The molecule has 1 fully saturated rings. The van der Waals surface area contributed by atoms with Gasteiger partial charge in [-0.1, -0.05) is 25.1 Å². The Morgan fingerprint density at radius 1 is 1.26 bits per heavy atom. The van der Waals surface area contributed by atoms with Crippen molar-refractivity contribution in [3.05, 3.63) is 34.9 Å². The van der Waals surface area contributed by atoms with Crippen LogP contribution in [0.2, 0.25) is 0 Å². The predicted molar refractivity (Wildman–Crippen MR) is 90.2 cm³/mol. The summed E-state index contributed by atoms with van der Waals surface area (Å²) >= 11 is 0. The molecule has 0 saturated carbocycles. The summed E-state index contributed by atoms with van der Waals surface area (Å²) in [6.45, 7) is 8.86. The standard InChI is InChI=1S/C19H27NO3/c1-5-23-19(22)18-15(4)10-7-11-20(18)17(21)12-16-13(2)8-6-9-14(16)3/h6,8-9,15,18H,5,7,10-12H2,1-4H3. The maximum atomic E-state index is 12.9. The maximum Gasteiger partial charge on any atom is 0.329 e. The zero-order chi connectivity index (χ0) is 17.0. The molecule has 1 aliphatic heterocycles. The third-order valence-corrected chi connectivity index (χ3v) is 4.75. The molecule has 1 amide bonds. The van der Waals surface area contributed by atoms with Crippen molar-refractivity contribution < 1.29 is 14.3 Å². The lowest BCUT2D eigenvalue weighted by molar-refractivity contribution is -0.159. The molecule has 4 heteroatoms. The molecule has 2 unspecified atom stereocenters. The summed E-state index contributed by atoms with van der Waals surface area (Å²) in [6, 6.07) is 5.61. The molecule has 0 radical (unpaired) electrons. The van der Waals surface area contributed by atoms with Gasteiger partial charge in [0, 0.05) is 6.54 Å². The van der Waals surface area contributed by atoms with E-state index in [9.17, 15) is 9.59 Å². The number of carbonyl (C=O) groups is 2. The van der Waals surface area contributed by atoms with Crippen molar-refractivity contribution in [3.8, 4) is 0 Å². The van der Waals surface area contributed by atoms with Crippen molar-refractivity contribution in [2.45, 2.75) is 53.0 Å². The lowest BCUT2D eigenvalue weighted by Gasteiger charge is -2.38. The monoisotopic (exact) mass is 317 g/mol. The molecule has 1 aliphatic rings. The van der Waals surface area contributed by atoms with Crippen molar-refractivity contribution in [2.24, 2.45) is 5.92 Å². The van der Waals surface area contributed by atoms with Gasteiger partial charge in [0.05, 0.1) is 13.0 Å². The first-order chi connectivity index (χ1) is 11.0. The van der Waals surface area contributed by atoms with E-state index in [1.165, 1.54) is 0 Å². The zero-order valence-electron chi connectivity index (χ0n) is 14.6. The van der Waals surface area contributed by atoms with Crippen LogP contribution in [0.5, 0.6) is 0 Å². The minimum atomic E-state index is -0.444. The summed E-state index contributed by atoms with van der Waals surface area (Å²) in [5.74, 6) is -0.105. The summed E-state index contributed by atoms with van der Waals surface area (Å²) < 4.78 is 5.20. The van der Waals surface area contributed by atoms with E-state index in [0.29, 0.717) is 19.6 Å². The summed E-state index contributed by atoms with van der Waals surface area (Å²) in [6.07, 6.45) is 2.24. The molecule has 1 aromatic carbocycles. The number of amides is 1. The second-order valence-electron chi connectivity index (χ2n) is 6.45. The molecule has 1 aromatic rings. The van der Waals surface area contributed by atoms with Crippen molar-refractivity contribution >= 4 is 11.9 Å². The highest BCUT2D eigenvalue weighted by Gasteiger charge is 2.38. The van der Waals surface area contributed by atoms with Crippen molar-refractivity contribution in [1.29, 1.82) is 0 Å². The number of hydrogen-bond acceptors (Lipinski definition) is 3. The second-order valence-corrected chi connectivity index (χ2v) is 6.45. The highest BCUT2D eigenvalue weighted by Crippen LogP contribution is 2.26. The molecule has 0 N–H and O–H groups in total. The van der Waals surface area contributed by atoms with Crippen molar-refractivity contribution in [3.63, 3.8) is 0 Å². The largest absolute Gasteiger partial charge is 0.464 e. The Balaban J connectivity index is 2.20. The van der Waals surface area contributed by atoms with E-state index in [2.05, 4.69) is 0 Å². The number of nitrogens with zero attached hydrogens (tertiary/aromatic N) is 1. The van der Waals surface area contributed by atoms with E-state index in [1.807, 2.05) is 39.0 Å². The first-order valence-electron chi connectivity index (χ1n) is 8.46. The summed E-state index contributed by atoms with van der Waals surface area (Å²) in [5.41, 5.74) is 3.31. The van der Waals surface area contributed by atoms with E-state index in [1.54, 1.807) is 11.8 Å². The fourth-order valence-electron chi connectivity index (χ4n) is 3.44. The SMILES string of the molecule is CCOC(=O)C1C(C)CCCN1C(=O)Cc1c(C)cccc1C. The average Bonchev–Trinajstić information content (AvgIpc) is 2.50. The molecule has 23 heavy (non-hydrogen) atoms. The Bertz CT molecular complexity index is 562. The van der Waals surface area contributed by atoms with Crippen LogP contribution in [0.4, 0.5) is 0 Å². The fraction of sp³-hybridized carbons (Fsp3) is 0.579. The van der Waals surface area contributed by atoms with Gasteiger partial charge in [-0.15, -0.1) is 0 Å². The number of rotatable bonds is 4. The minimum absolute atomic E-state index is 0.0204. The maximum absolute atomic E-state index is 12.9. The molecular formula is C19H27NO3. The summed E-state index contributed by atoms with van der Waals surface area (Å²) in [7, 11) is 0. The Labute approximate surface area is 138 Å². The minimum Gasteiger partial charge on any atom is -0.464 e. The Morgan fingerprint density at radius 2 is 1.91 bits per heavy atom. The highest BCUT2D eigenvalue weighted by atomic mass is 16.5. The number of benzene rings is 1. The number of likely N-dealkylation sites (tertiary alicyclic amines) is 1. The number of esters is 1. The van der Waals surface area contributed by atoms with E-state index >= 15 is 0 Å². The average molecular weight is 317 g/mol. The highest BCUT2D eigenvalue weighted by molar-refractivity contribution is 5.86. The molecule has 0 aromatic heterocycles. The van der Waals surface area contributed by atoms with Gasteiger partial charge in [-0.05, 0) is 56.2 Å². The van der Waals surface area contributed by atoms with Crippen LogP contribution in [-0.2, 0) is 20.7 Å². The van der Waals surface area contributed by atoms with Gasteiger partial charge in [0.15, 0.2) is 0 Å². The smallest absolute Gasteiger partial charge is 0.329 e. The molecular weight excluding hydrogens is 290 g/mol. The van der Waals surface area contributed by atoms with Crippen LogP contribution in [0.3, 0.4) is 0 Å². The molecule has 0 aliphatic carbocycles. The van der Waals surface area contributed by atoms with Gasteiger partial charge in [-0.3, -0.25) is 4.79 Å². The third-order valence-electron chi connectivity index (χ3n) is 4.75. The van der Waals surface area contributed by atoms with Crippen LogP contribution in [-0.4, -0.2) is 36.0 Å². The molecule has 1 heterocycles. The Hall–Kier alpha value is -1.84. The zero-order valence-corrected chi connectivity index (χ0v) is 14.6. The van der Waals surface area contributed by atoms with Gasteiger partial charge in [0.2, 0.25) is 5.91 Å². The molecule has 126 valence electrons. The Kier molecular flexibility index (Phi) is 5.80. The summed E-state index contributed by atoms with van der Waals surface area (Å²) in [5, 5.41) is 0. The lowest BCUT2D eigenvalue weighted by Crippen LogP contribution is -2.53. The molecule has 2 atom stereocenters. The number of ether oxygens (including phenoxy) is 1. The van der Waals surface area contributed by atoms with Crippen LogP contribution in [0.15, 0.2) is 18.2 Å². The van der Waals surface area contributed by atoms with Crippen LogP contribution < -0.4 is 0 Å². The van der Waals surface area contributed by atoms with Gasteiger partial charge < -0.3 is 9.64 Å². The van der Waals surface area contributed by atoms with Crippen molar-refractivity contribution in [1.82, 2.24) is 4.90 Å². The normalized spacial score (nSPS) is 21.1. The predicted octanol–water partition coefficient (Wildman–Crippen LogP) is 3.04. The van der Waals surface area contributed by atoms with E-state index in [4.69, 9.17) is 4.74 Å². The lowest BCUT2D eigenvalue weighted by atomic mass is 9.89. The number of piperidine rings is 1. The Morgan fingerprint density at radius 3 is 2.52 bits per heavy atom. The quantitative estimate of drug-likeness (QED) is 0.802. The molecule has 0 bridgehead atoms. The van der Waals surface area contributed by atoms with Crippen molar-refractivity contribution in [2.75, 3.05) is 13.2 Å². The van der Waals surface area contributed by atoms with Gasteiger partial charge in [-0.25, -0.2) is 4.79 Å².